The van der Waals surface area contributed by atoms with Gasteiger partial charge in [0.1, 0.15) is 11.9 Å². The topological polar surface area (TPSA) is 12.0 Å². The maximum atomic E-state index is 13.6. The predicted molar refractivity (Wildman–Crippen MR) is 56.4 cm³/mol. The average molecular weight is 268 g/mol. The quantitative estimate of drug-likeness (QED) is 0.821. The molecule has 0 aliphatic heterocycles. The van der Waals surface area contributed by atoms with Gasteiger partial charge in [-0.25, -0.2) is 4.39 Å². The normalized spacial score (nSPS) is 18.2. The minimum Gasteiger partial charge on any atom is -0.300 e. The molecule has 0 saturated heterocycles. The van der Waals surface area contributed by atoms with Crippen molar-refractivity contribution >= 4 is 11.6 Å². The Hall–Kier alpha value is -0.810. The van der Waals surface area contributed by atoms with Crippen LogP contribution in [0.2, 0.25) is 5.02 Å². The molecule has 1 aromatic carbocycles. The molecule has 17 heavy (non-hydrogen) atoms. The molecular weight excluding hydrogens is 258 g/mol. The number of hydrogen-bond donors (Lipinski definition) is 1. The van der Waals surface area contributed by atoms with Gasteiger partial charge in [-0.2, -0.15) is 13.2 Å². The minimum absolute atomic E-state index is 0.181. The fourth-order valence-corrected chi connectivity index (χ4v) is 1.77. The van der Waals surface area contributed by atoms with Gasteiger partial charge in [0.25, 0.3) is 0 Å². The molecule has 1 aliphatic rings. The Kier molecular flexibility index (Phi) is 3.32. The summed E-state index contributed by atoms with van der Waals surface area (Å²) >= 11 is 5.49. The van der Waals surface area contributed by atoms with Gasteiger partial charge >= 0.3 is 6.18 Å². The van der Waals surface area contributed by atoms with E-state index >= 15 is 0 Å². The summed E-state index contributed by atoms with van der Waals surface area (Å²) in [4.78, 5) is 0. The molecule has 0 amide bonds. The molecule has 0 spiro atoms. The lowest BCUT2D eigenvalue weighted by Crippen LogP contribution is -2.36. The summed E-state index contributed by atoms with van der Waals surface area (Å²) in [6.45, 7) is 0. The predicted octanol–water partition coefficient (Wildman–Crippen LogP) is 3.83. The van der Waals surface area contributed by atoms with Crippen LogP contribution in [0.4, 0.5) is 17.6 Å². The molecule has 2 rings (SSSR count). The van der Waals surface area contributed by atoms with Crippen LogP contribution in [-0.2, 0) is 0 Å². The molecule has 0 bridgehead atoms. The van der Waals surface area contributed by atoms with Gasteiger partial charge in [0, 0.05) is 11.6 Å². The van der Waals surface area contributed by atoms with E-state index in [0.717, 1.165) is 6.07 Å². The summed E-state index contributed by atoms with van der Waals surface area (Å²) < 4.78 is 52.1. The Bertz CT molecular complexity index is 414. The van der Waals surface area contributed by atoms with Gasteiger partial charge in [-0.3, -0.25) is 5.32 Å². The molecule has 0 aromatic heterocycles. The first-order chi connectivity index (χ1) is 7.89. The van der Waals surface area contributed by atoms with Crippen molar-refractivity contribution in [3.63, 3.8) is 0 Å². The Morgan fingerprint density at radius 2 is 1.94 bits per heavy atom. The highest BCUT2D eigenvalue weighted by molar-refractivity contribution is 6.30. The third-order valence-corrected chi connectivity index (χ3v) is 2.89. The highest BCUT2D eigenvalue weighted by Crippen LogP contribution is 2.38. The minimum atomic E-state index is -4.53. The van der Waals surface area contributed by atoms with Crippen LogP contribution in [-0.4, -0.2) is 12.2 Å². The summed E-state index contributed by atoms with van der Waals surface area (Å²) in [6, 6.07) is 1.47. The second kappa shape index (κ2) is 4.46. The molecule has 94 valence electrons. The van der Waals surface area contributed by atoms with Gasteiger partial charge in [-0.15, -0.1) is 0 Å². The molecule has 1 aliphatic carbocycles. The lowest BCUT2D eigenvalue weighted by atomic mass is 10.1. The number of nitrogens with one attached hydrogen (secondary N) is 1. The van der Waals surface area contributed by atoms with Crippen molar-refractivity contribution in [2.75, 3.05) is 0 Å². The molecule has 1 atom stereocenters. The van der Waals surface area contributed by atoms with Crippen LogP contribution in [0, 0.1) is 5.82 Å². The van der Waals surface area contributed by atoms with Crippen molar-refractivity contribution in [1.29, 1.82) is 0 Å². The van der Waals surface area contributed by atoms with Crippen molar-refractivity contribution in [2.24, 2.45) is 0 Å². The third kappa shape index (κ3) is 2.90. The summed E-state index contributed by atoms with van der Waals surface area (Å²) in [5.41, 5.74) is -0.447. The first-order valence-corrected chi connectivity index (χ1v) is 5.54. The van der Waals surface area contributed by atoms with Gasteiger partial charge in [0.05, 0.1) is 5.02 Å². The van der Waals surface area contributed by atoms with Gasteiger partial charge < -0.3 is 0 Å². The molecule has 1 N–H and O–H groups in total. The zero-order valence-electron chi connectivity index (χ0n) is 8.69. The van der Waals surface area contributed by atoms with Crippen molar-refractivity contribution in [1.82, 2.24) is 5.32 Å². The van der Waals surface area contributed by atoms with E-state index in [4.69, 9.17) is 11.6 Å². The lowest BCUT2D eigenvalue weighted by molar-refractivity contribution is -0.158. The van der Waals surface area contributed by atoms with E-state index in [1.165, 1.54) is 12.1 Å². The third-order valence-electron chi connectivity index (χ3n) is 2.60. The van der Waals surface area contributed by atoms with Crippen LogP contribution in [0.3, 0.4) is 0 Å². The smallest absolute Gasteiger partial charge is 0.300 e. The molecule has 1 nitrogen and oxygen atoms in total. The standard InChI is InChI=1S/C11H10ClF4N/c12-8-3-1-2-7(9(8)13)10(11(14,15)16)17-6-4-5-6/h1-3,6,10,17H,4-5H2. The van der Waals surface area contributed by atoms with E-state index in [2.05, 4.69) is 5.32 Å². The van der Waals surface area contributed by atoms with Crippen LogP contribution in [0.1, 0.15) is 24.4 Å². The summed E-state index contributed by atoms with van der Waals surface area (Å²) in [7, 11) is 0. The van der Waals surface area contributed by atoms with Crippen molar-refractivity contribution in [3.05, 3.63) is 34.6 Å². The van der Waals surface area contributed by atoms with Crippen LogP contribution >= 0.6 is 11.6 Å². The largest absolute Gasteiger partial charge is 0.408 e. The van der Waals surface area contributed by atoms with Crippen molar-refractivity contribution < 1.29 is 17.6 Å². The molecule has 1 saturated carbocycles. The van der Waals surface area contributed by atoms with Crippen molar-refractivity contribution in [3.8, 4) is 0 Å². The van der Waals surface area contributed by atoms with Gasteiger partial charge in [-0.05, 0) is 18.9 Å². The fourth-order valence-electron chi connectivity index (χ4n) is 1.59. The zero-order chi connectivity index (χ0) is 12.6. The fraction of sp³-hybridized carbons (Fsp3) is 0.455. The Morgan fingerprint density at radius 3 is 2.47 bits per heavy atom. The molecule has 1 fully saturated rings. The van der Waals surface area contributed by atoms with E-state index in [0.29, 0.717) is 12.8 Å². The second-order valence-electron chi connectivity index (χ2n) is 4.06. The zero-order valence-corrected chi connectivity index (χ0v) is 9.45. The maximum absolute atomic E-state index is 13.6. The molecule has 0 heterocycles. The molecule has 6 heteroatoms. The van der Waals surface area contributed by atoms with Crippen LogP contribution in [0.5, 0.6) is 0 Å². The first kappa shape index (κ1) is 12.6. The molecule has 1 unspecified atom stereocenters. The van der Waals surface area contributed by atoms with Gasteiger partial charge in [-0.1, -0.05) is 23.7 Å². The number of benzene rings is 1. The monoisotopic (exact) mass is 267 g/mol. The van der Waals surface area contributed by atoms with Gasteiger partial charge in [0.2, 0.25) is 0 Å². The van der Waals surface area contributed by atoms with E-state index < -0.39 is 23.6 Å². The second-order valence-corrected chi connectivity index (χ2v) is 4.47. The number of alkyl halides is 3. The van der Waals surface area contributed by atoms with Crippen molar-refractivity contribution in [2.45, 2.75) is 31.1 Å². The summed E-state index contributed by atoms with van der Waals surface area (Å²) in [5, 5.41) is 2.09. The molecule has 0 radical (unpaired) electrons. The van der Waals surface area contributed by atoms with E-state index in [1.807, 2.05) is 0 Å². The highest BCUT2D eigenvalue weighted by Gasteiger charge is 2.44. The average Bonchev–Trinajstić information content (AvgIpc) is 3.01. The van der Waals surface area contributed by atoms with E-state index in [9.17, 15) is 17.6 Å². The Labute approximate surface area is 101 Å². The lowest BCUT2D eigenvalue weighted by Gasteiger charge is -2.22. The molecule has 1 aromatic rings. The number of rotatable bonds is 3. The van der Waals surface area contributed by atoms with Crippen LogP contribution in [0.25, 0.3) is 0 Å². The summed E-state index contributed by atoms with van der Waals surface area (Å²) in [6.07, 6.45) is -3.16. The number of halogens is 5. The Morgan fingerprint density at radius 1 is 1.29 bits per heavy atom. The maximum Gasteiger partial charge on any atom is 0.408 e. The highest BCUT2D eigenvalue weighted by atomic mass is 35.5. The number of hydrogen-bond acceptors (Lipinski definition) is 1. The SMILES string of the molecule is Fc1c(Cl)cccc1C(NC1CC1)C(F)(F)F. The van der Waals surface area contributed by atoms with E-state index in [-0.39, 0.29) is 11.1 Å². The summed E-state index contributed by atoms with van der Waals surface area (Å²) in [5.74, 6) is -1.01. The van der Waals surface area contributed by atoms with Crippen LogP contribution in [0.15, 0.2) is 18.2 Å². The van der Waals surface area contributed by atoms with Crippen LogP contribution < -0.4 is 5.32 Å². The van der Waals surface area contributed by atoms with E-state index in [1.54, 1.807) is 0 Å². The first-order valence-electron chi connectivity index (χ1n) is 5.16. The molecular formula is C11H10ClF4N. The Balaban J connectivity index is 2.33. The van der Waals surface area contributed by atoms with Gasteiger partial charge in [0.15, 0.2) is 0 Å².